The van der Waals surface area contributed by atoms with Gasteiger partial charge in [-0.3, -0.25) is 14.9 Å². The van der Waals surface area contributed by atoms with Gasteiger partial charge in [0.2, 0.25) is 5.91 Å². The van der Waals surface area contributed by atoms with E-state index in [-0.39, 0.29) is 17.9 Å². The number of ether oxygens (including phenoxy) is 1. The number of carbonyl (C=O) groups is 1. The summed E-state index contributed by atoms with van der Waals surface area (Å²) in [6.45, 7) is 2.70. The Morgan fingerprint density at radius 1 is 1.53 bits per heavy atom. The van der Waals surface area contributed by atoms with Crippen LogP contribution in [-0.2, 0) is 4.79 Å². The van der Waals surface area contributed by atoms with E-state index >= 15 is 0 Å². The molecule has 0 unspecified atom stereocenters. The maximum Gasteiger partial charge on any atom is 0.311 e. The van der Waals surface area contributed by atoms with E-state index in [0.717, 1.165) is 6.42 Å². The van der Waals surface area contributed by atoms with Crippen LogP contribution in [0, 0.1) is 10.1 Å². The maximum absolute atomic E-state index is 10.8. The number of nitrogens with two attached hydrogens (primary N) is 1. The average molecular weight is 267 g/mol. The lowest BCUT2D eigenvalue weighted by Gasteiger charge is -2.09. The largest absolute Gasteiger partial charge is 0.487 e. The molecule has 0 aliphatic carbocycles. The van der Waals surface area contributed by atoms with E-state index in [1.54, 1.807) is 12.1 Å². The van der Waals surface area contributed by atoms with Crippen molar-refractivity contribution < 1.29 is 14.5 Å². The van der Waals surface area contributed by atoms with E-state index in [2.05, 4.69) is 5.32 Å². The van der Waals surface area contributed by atoms with Crippen molar-refractivity contribution in [2.24, 2.45) is 5.73 Å². The van der Waals surface area contributed by atoms with Crippen molar-refractivity contribution in [3.63, 3.8) is 0 Å². The second-order valence-electron chi connectivity index (χ2n) is 3.93. The first-order chi connectivity index (χ1) is 9.04. The normalized spacial score (nSPS) is 9.95. The zero-order valence-corrected chi connectivity index (χ0v) is 10.7. The number of anilines is 1. The van der Waals surface area contributed by atoms with Gasteiger partial charge < -0.3 is 15.8 Å². The number of nitro groups is 1. The van der Waals surface area contributed by atoms with Crippen LogP contribution in [0.1, 0.15) is 19.8 Å². The molecule has 1 aromatic rings. The minimum Gasteiger partial charge on any atom is -0.487 e. The summed E-state index contributed by atoms with van der Waals surface area (Å²) in [5.41, 5.74) is 5.60. The number of primary amides is 1. The molecule has 0 fully saturated rings. The highest BCUT2D eigenvalue weighted by molar-refractivity contribution is 5.74. The molecule has 7 nitrogen and oxygen atoms in total. The van der Waals surface area contributed by atoms with Crippen molar-refractivity contribution >= 4 is 17.3 Å². The van der Waals surface area contributed by atoms with Crippen molar-refractivity contribution in [1.29, 1.82) is 0 Å². The van der Waals surface area contributed by atoms with Crippen LogP contribution < -0.4 is 15.8 Å². The van der Waals surface area contributed by atoms with Crippen molar-refractivity contribution in [1.82, 2.24) is 0 Å². The number of rotatable bonds is 8. The van der Waals surface area contributed by atoms with E-state index < -0.39 is 10.8 Å². The van der Waals surface area contributed by atoms with Gasteiger partial charge in [-0.25, -0.2) is 0 Å². The van der Waals surface area contributed by atoms with E-state index in [0.29, 0.717) is 18.8 Å². The topological polar surface area (TPSA) is 107 Å². The predicted octanol–water partition coefficient (Wildman–Crippen LogP) is 1.67. The van der Waals surface area contributed by atoms with Gasteiger partial charge in [-0.1, -0.05) is 6.92 Å². The van der Waals surface area contributed by atoms with Crippen LogP contribution in [-0.4, -0.2) is 24.0 Å². The van der Waals surface area contributed by atoms with Crippen molar-refractivity contribution in [2.75, 3.05) is 18.5 Å². The fourth-order valence-corrected chi connectivity index (χ4v) is 1.43. The number of hydrogen-bond acceptors (Lipinski definition) is 5. The molecule has 19 heavy (non-hydrogen) atoms. The summed E-state index contributed by atoms with van der Waals surface area (Å²) in [7, 11) is 0. The van der Waals surface area contributed by atoms with Crippen LogP contribution in [0.4, 0.5) is 11.4 Å². The Kier molecular flexibility index (Phi) is 5.59. The molecular formula is C12H17N3O4. The molecule has 1 rings (SSSR count). The monoisotopic (exact) mass is 267 g/mol. The number of carbonyl (C=O) groups excluding carboxylic acids is 1. The quantitative estimate of drug-likeness (QED) is 0.550. The van der Waals surface area contributed by atoms with Crippen molar-refractivity contribution in [3.8, 4) is 5.75 Å². The molecule has 104 valence electrons. The summed E-state index contributed by atoms with van der Waals surface area (Å²) >= 11 is 0. The summed E-state index contributed by atoms with van der Waals surface area (Å²) in [5, 5.41) is 13.8. The van der Waals surface area contributed by atoms with Crippen molar-refractivity contribution in [3.05, 3.63) is 28.3 Å². The maximum atomic E-state index is 10.8. The van der Waals surface area contributed by atoms with Crippen LogP contribution in [0.3, 0.4) is 0 Å². The lowest BCUT2D eigenvalue weighted by atomic mass is 10.2. The molecule has 0 aromatic heterocycles. The smallest absolute Gasteiger partial charge is 0.311 e. The molecule has 1 amide bonds. The number of benzene rings is 1. The number of nitro benzene ring substituents is 1. The van der Waals surface area contributed by atoms with Crippen LogP contribution in [0.25, 0.3) is 0 Å². The van der Waals surface area contributed by atoms with Gasteiger partial charge >= 0.3 is 5.69 Å². The lowest BCUT2D eigenvalue weighted by molar-refractivity contribution is -0.385. The molecule has 0 radical (unpaired) electrons. The molecular weight excluding hydrogens is 250 g/mol. The summed E-state index contributed by atoms with van der Waals surface area (Å²) in [4.78, 5) is 21.0. The Morgan fingerprint density at radius 3 is 2.84 bits per heavy atom. The fraction of sp³-hybridized carbons (Fsp3) is 0.417. The Morgan fingerprint density at radius 2 is 2.26 bits per heavy atom. The third kappa shape index (κ3) is 4.82. The Hall–Kier alpha value is -2.31. The average Bonchev–Trinajstić information content (AvgIpc) is 2.35. The second-order valence-corrected chi connectivity index (χ2v) is 3.93. The van der Waals surface area contributed by atoms with Crippen LogP contribution >= 0.6 is 0 Å². The fourth-order valence-electron chi connectivity index (χ4n) is 1.43. The first-order valence-corrected chi connectivity index (χ1v) is 5.98. The molecule has 1 aromatic carbocycles. The SMILES string of the molecule is CCCOc1cc(NCCC(N)=O)ccc1[N+](=O)[O-]. The minimum atomic E-state index is -0.488. The highest BCUT2D eigenvalue weighted by atomic mass is 16.6. The standard InChI is InChI=1S/C12H17N3O4/c1-2-7-19-11-8-9(14-6-5-12(13)16)3-4-10(11)15(17)18/h3-4,8,14H,2,5-7H2,1H3,(H2,13,16). The van der Waals surface area contributed by atoms with E-state index in [9.17, 15) is 14.9 Å². The molecule has 0 bridgehead atoms. The van der Waals surface area contributed by atoms with E-state index in [4.69, 9.17) is 10.5 Å². The molecule has 0 saturated carbocycles. The minimum absolute atomic E-state index is 0.0751. The molecule has 7 heteroatoms. The van der Waals surface area contributed by atoms with Gasteiger partial charge in [0.05, 0.1) is 11.5 Å². The number of hydrogen-bond donors (Lipinski definition) is 2. The Balaban J connectivity index is 2.78. The molecule has 0 saturated heterocycles. The molecule has 0 aliphatic rings. The first kappa shape index (κ1) is 14.7. The van der Waals surface area contributed by atoms with Crippen LogP contribution in [0.2, 0.25) is 0 Å². The number of nitrogens with zero attached hydrogens (tertiary/aromatic N) is 1. The van der Waals surface area contributed by atoms with Gasteiger partial charge in [0.15, 0.2) is 5.75 Å². The summed E-state index contributed by atoms with van der Waals surface area (Å²) in [5.74, 6) is -0.187. The van der Waals surface area contributed by atoms with Gasteiger partial charge in [-0.2, -0.15) is 0 Å². The van der Waals surface area contributed by atoms with Gasteiger partial charge in [-0.05, 0) is 12.5 Å². The molecule has 0 atom stereocenters. The highest BCUT2D eigenvalue weighted by Crippen LogP contribution is 2.30. The van der Waals surface area contributed by atoms with Gasteiger partial charge in [0, 0.05) is 30.8 Å². The zero-order chi connectivity index (χ0) is 14.3. The van der Waals surface area contributed by atoms with Crippen LogP contribution in [0.5, 0.6) is 5.75 Å². The molecule has 0 aliphatic heterocycles. The summed E-state index contributed by atoms with van der Waals surface area (Å²) < 4.78 is 5.34. The highest BCUT2D eigenvalue weighted by Gasteiger charge is 2.15. The zero-order valence-electron chi connectivity index (χ0n) is 10.7. The molecule has 3 N–H and O–H groups in total. The van der Waals surface area contributed by atoms with Gasteiger partial charge in [0.1, 0.15) is 0 Å². The van der Waals surface area contributed by atoms with E-state index in [1.807, 2.05) is 6.92 Å². The predicted molar refractivity (Wildman–Crippen MR) is 71.2 cm³/mol. The van der Waals surface area contributed by atoms with Gasteiger partial charge in [0.25, 0.3) is 0 Å². The summed E-state index contributed by atoms with van der Waals surface area (Å²) in [6.07, 6.45) is 0.957. The summed E-state index contributed by atoms with van der Waals surface area (Å²) in [6, 6.07) is 4.49. The van der Waals surface area contributed by atoms with Gasteiger partial charge in [-0.15, -0.1) is 0 Å². The van der Waals surface area contributed by atoms with Crippen molar-refractivity contribution in [2.45, 2.75) is 19.8 Å². The third-order valence-corrected chi connectivity index (χ3v) is 2.32. The first-order valence-electron chi connectivity index (χ1n) is 5.98. The molecule has 0 heterocycles. The molecule has 0 spiro atoms. The number of nitrogens with one attached hydrogen (secondary N) is 1. The number of amides is 1. The lowest BCUT2D eigenvalue weighted by Crippen LogP contribution is -2.15. The Labute approximate surface area is 110 Å². The van der Waals surface area contributed by atoms with Crippen LogP contribution in [0.15, 0.2) is 18.2 Å². The van der Waals surface area contributed by atoms with E-state index in [1.165, 1.54) is 6.07 Å². The Bertz CT molecular complexity index is 462. The third-order valence-electron chi connectivity index (χ3n) is 2.32. The second kappa shape index (κ2) is 7.20.